The first-order valence-corrected chi connectivity index (χ1v) is 9.28. The maximum Gasteiger partial charge on any atom is 0.485 e. The van der Waals surface area contributed by atoms with Crippen LogP contribution >= 0.6 is 0 Å². The van der Waals surface area contributed by atoms with E-state index in [0.717, 1.165) is 0 Å². The van der Waals surface area contributed by atoms with E-state index in [1.165, 1.54) is 51.4 Å². The summed E-state index contributed by atoms with van der Waals surface area (Å²) in [4.78, 5) is 0. The topological polar surface area (TPSA) is 57.2 Å². The molecule has 0 aliphatic heterocycles. The van der Waals surface area contributed by atoms with Crippen molar-refractivity contribution >= 4 is 10.1 Å². The van der Waals surface area contributed by atoms with Crippen LogP contribution in [0.3, 0.4) is 0 Å². The molecular formula is C17H24F3IrO3S-. The molecule has 2 aliphatic rings. The number of hydrogen-bond acceptors (Lipinski definition) is 3. The summed E-state index contributed by atoms with van der Waals surface area (Å²) >= 11 is 0. The van der Waals surface area contributed by atoms with E-state index in [4.69, 9.17) is 13.0 Å². The normalized spacial score (nSPS) is 17.3. The average Bonchev–Trinajstić information content (AvgIpc) is 2.35. The SMILES string of the molecule is C1=CCCC=CCC1.C1=CCCC=CCC1.O=S(=O)([O-])C(F)(F)F.[Ir]. The van der Waals surface area contributed by atoms with E-state index in [2.05, 4.69) is 48.6 Å². The summed E-state index contributed by atoms with van der Waals surface area (Å²) in [5.74, 6) is 0. The van der Waals surface area contributed by atoms with Gasteiger partial charge >= 0.3 is 5.51 Å². The van der Waals surface area contributed by atoms with Gasteiger partial charge in [0.2, 0.25) is 0 Å². The Kier molecular flexibility index (Phi) is 16.5. The number of hydrogen-bond donors (Lipinski definition) is 0. The molecule has 0 spiro atoms. The van der Waals surface area contributed by atoms with Crippen molar-refractivity contribution in [2.75, 3.05) is 0 Å². The third-order valence-corrected chi connectivity index (χ3v) is 3.52. The molecule has 147 valence electrons. The average molecular weight is 558 g/mol. The predicted molar refractivity (Wildman–Crippen MR) is 89.2 cm³/mol. The number of rotatable bonds is 0. The van der Waals surface area contributed by atoms with Gasteiger partial charge in [0.25, 0.3) is 0 Å². The van der Waals surface area contributed by atoms with Gasteiger partial charge in [-0.2, -0.15) is 13.2 Å². The number of halogens is 3. The first-order chi connectivity index (χ1) is 11.2. The van der Waals surface area contributed by atoms with Gasteiger partial charge in [0.1, 0.15) is 0 Å². The van der Waals surface area contributed by atoms with Gasteiger partial charge in [0.15, 0.2) is 10.1 Å². The fourth-order valence-corrected chi connectivity index (χ4v) is 1.71. The van der Waals surface area contributed by atoms with Crippen molar-refractivity contribution < 1.29 is 46.2 Å². The molecule has 0 amide bonds. The van der Waals surface area contributed by atoms with Gasteiger partial charge in [-0.3, -0.25) is 0 Å². The molecule has 0 N–H and O–H groups in total. The van der Waals surface area contributed by atoms with Crippen LogP contribution in [-0.4, -0.2) is 18.5 Å². The molecular weight excluding hydrogens is 533 g/mol. The molecule has 25 heavy (non-hydrogen) atoms. The molecule has 2 rings (SSSR count). The van der Waals surface area contributed by atoms with Crippen LogP contribution in [0.25, 0.3) is 0 Å². The van der Waals surface area contributed by atoms with Crippen LogP contribution in [0.5, 0.6) is 0 Å². The van der Waals surface area contributed by atoms with Crippen LogP contribution in [0.2, 0.25) is 0 Å². The van der Waals surface area contributed by atoms with Gasteiger partial charge in [-0.1, -0.05) is 48.6 Å². The van der Waals surface area contributed by atoms with Gasteiger partial charge in [0, 0.05) is 20.1 Å². The Morgan fingerprint density at radius 1 is 0.600 bits per heavy atom. The van der Waals surface area contributed by atoms with Gasteiger partial charge in [-0.25, -0.2) is 8.42 Å². The molecule has 8 heteroatoms. The Morgan fingerprint density at radius 2 is 0.720 bits per heavy atom. The summed E-state index contributed by atoms with van der Waals surface area (Å²) in [6.45, 7) is 0. The van der Waals surface area contributed by atoms with Crippen molar-refractivity contribution in [3.05, 3.63) is 48.6 Å². The smallest absolute Gasteiger partial charge is 0.485 e. The molecule has 0 bridgehead atoms. The van der Waals surface area contributed by atoms with E-state index in [1.54, 1.807) is 0 Å². The van der Waals surface area contributed by atoms with Gasteiger partial charge < -0.3 is 4.55 Å². The van der Waals surface area contributed by atoms with Crippen molar-refractivity contribution in [2.24, 2.45) is 0 Å². The largest absolute Gasteiger partial charge is 0.741 e. The van der Waals surface area contributed by atoms with Crippen LogP contribution in [0.1, 0.15) is 51.4 Å². The summed E-state index contributed by atoms with van der Waals surface area (Å²) in [7, 11) is -6.09. The Hall–Kier alpha value is -0.691. The minimum atomic E-state index is -6.09. The molecule has 0 unspecified atom stereocenters. The molecule has 0 aromatic carbocycles. The molecule has 3 nitrogen and oxygen atoms in total. The molecule has 0 aromatic heterocycles. The Balaban J connectivity index is 0. The first-order valence-electron chi connectivity index (χ1n) is 7.87. The van der Waals surface area contributed by atoms with Crippen LogP contribution in [-0.2, 0) is 30.2 Å². The molecule has 2 aliphatic carbocycles. The van der Waals surface area contributed by atoms with Crippen LogP contribution in [0.4, 0.5) is 13.2 Å². The van der Waals surface area contributed by atoms with Crippen molar-refractivity contribution in [3.63, 3.8) is 0 Å². The van der Waals surface area contributed by atoms with Crippen LogP contribution < -0.4 is 0 Å². The maximum absolute atomic E-state index is 10.7. The monoisotopic (exact) mass is 558 g/mol. The van der Waals surface area contributed by atoms with Gasteiger partial charge in [-0.05, 0) is 51.4 Å². The Morgan fingerprint density at radius 3 is 0.800 bits per heavy atom. The second-order valence-corrected chi connectivity index (χ2v) is 6.47. The van der Waals surface area contributed by atoms with Crippen LogP contribution in [0, 0.1) is 0 Å². The molecule has 0 saturated carbocycles. The molecule has 0 aromatic rings. The van der Waals surface area contributed by atoms with E-state index in [1.807, 2.05) is 0 Å². The standard InChI is InChI=1S/2C8H12.CHF3O3S.Ir/c2*1-2-4-6-8-7-5-3-1;2-1(3,4)8(5,6)7;/h2*1-2,7-8H,3-6H2;(H,5,6,7);/p-1. The number of allylic oxidation sites excluding steroid dienone is 8. The first kappa shape index (κ1) is 26.5. The van der Waals surface area contributed by atoms with Crippen molar-refractivity contribution in [2.45, 2.75) is 56.9 Å². The third kappa shape index (κ3) is 17.9. The molecule has 0 atom stereocenters. The van der Waals surface area contributed by atoms with E-state index in [9.17, 15) is 13.2 Å². The van der Waals surface area contributed by atoms with E-state index in [0.29, 0.717) is 0 Å². The second-order valence-electron chi connectivity index (χ2n) is 5.09. The zero-order valence-electron chi connectivity index (χ0n) is 13.9. The predicted octanol–water partition coefficient (Wildman–Crippen LogP) is 5.39. The summed E-state index contributed by atoms with van der Waals surface area (Å²) < 4.78 is 58.9. The van der Waals surface area contributed by atoms with Crippen molar-refractivity contribution in [1.82, 2.24) is 0 Å². The second kappa shape index (κ2) is 15.6. The minimum Gasteiger partial charge on any atom is -0.741 e. The Bertz CT molecular complexity index is 456. The fraction of sp³-hybridized carbons (Fsp3) is 0.529. The number of alkyl halides is 3. The molecule has 0 saturated heterocycles. The van der Waals surface area contributed by atoms with Crippen molar-refractivity contribution in [3.8, 4) is 0 Å². The summed E-state index contributed by atoms with van der Waals surface area (Å²) in [5.41, 5.74) is -5.65. The molecule has 0 heterocycles. The maximum atomic E-state index is 10.7. The minimum absolute atomic E-state index is 0. The van der Waals surface area contributed by atoms with Crippen molar-refractivity contribution in [1.29, 1.82) is 0 Å². The summed E-state index contributed by atoms with van der Waals surface area (Å²) in [6.07, 6.45) is 28.0. The van der Waals surface area contributed by atoms with E-state index >= 15 is 0 Å². The molecule has 1 radical (unpaired) electrons. The van der Waals surface area contributed by atoms with Gasteiger partial charge in [0.05, 0.1) is 0 Å². The Labute approximate surface area is 161 Å². The third-order valence-electron chi connectivity index (χ3n) is 2.95. The molecule has 0 fully saturated rings. The fourth-order valence-electron chi connectivity index (χ4n) is 1.71. The zero-order chi connectivity index (χ0) is 18.3. The van der Waals surface area contributed by atoms with E-state index < -0.39 is 15.6 Å². The van der Waals surface area contributed by atoms with Gasteiger partial charge in [-0.15, -0.1) is 0 Å². The van der Waals surface area contributed by atoms with Crippen LogP contribution in [0.15, 0.2) is 48.6 Å². The summed E-state index contributed by atoms with van der Waals surface area (Å²) in [5, 5.41) is 0. The summed E-state index contributed by atoms with van der Waals surface area (Å²) in [6, 6.07) is 0. The zero-order valence-corrected chi connectivity index (χ0v) is 17.1. The quantitative estimate of drug-likeness (QED) is 0.228. The van der Waals surface area contributed by atoms with E-state index in [-0.39, 0.29) is 20.1 Å².